The fraction of sp³-hybridized carbons (Fsp3) is 0.778. The fourth-order valence-corrected chi connectivity index (χ4v) is 0.547. The molecule has 0 aliphatic carbocycles. The molecule has 0 bridgehead atoms. The molecule has 0 saturated heterocycles. The molecule has 0 amide bonds. The van der Waals surface area contributed by atoms with E-state index in [1.807, 2.05) is 0 Å². The quantitative estimate of drug-likeness (QED) is 0.308. The van der Waals surface area contributed by atoms with E-state index in [0.29, 0.717) is 0 Å². The van der Waals surface area contributed by atoms with Crippen LogP contribution >= 0.6 is 0 Å². The highest BCUT2D eigenvalue weighted by molar-refractivity contribution is 5.78. The summed E-state index contributed by atoms with van der Waals surface area (Å²) in [7, 11) is 0. The summed E-state index contributed by atoms with van der Waals surface area (Å²) in [5.74, 6) is -2.33. The van der Waals surface area contributed by atoms with Crippen LogP contribution in [0.5, 0.6) is 0 Å². The van der Waals surface area contributed by atoms with Gasteiger partial charge < -0.3 is 21.1 Å². The SMILES string of the molecule is CC(N)(COOC(=O)C(C)(CO)CO)C(=O)O. The van der Waals surface area contributed by atoms with Gasteiger partial charge in [-0.15, -0.1) is 0 Å². The molecular formula is C9H17NO7. The number of aliphatic hydroxyl groups is 2. The van der Waals surface area contributed by atoms with Crippen molar-refractivity contribution in [3.63, 3.8) is 0 Å². The third-order valence-electron chi connectivity index (χ3n) is 2.17. The van der Waals surface area contributed by atoms with Crippen LogP contribution < -0.4 is 5.73 Å². The summed E-state index contributed by atoms with van der Waals surface area (Å²) in [5.41, 5.74) is 2.10. The molecule has 0 saturated carbocycles. The minimum absolute atomic E-state index is 0.555. The Hall–Kier alpha value is -1.22. The molecule has 0 radical (unpaired) electrons. The van der Waals surface area contributed by atoms with Crippen molar-refractivity contribution in [1.82, 2.24) is 0 Å². The first-order valence-electron chi connectivity index (χ1n) is 4.77. The average Bonchev–Trinajstić information content (AvgIpc) is 2.27. The number of carbonyl (C=O) groups excluding carboxylic acids is 1. The van der Waals surface area contributed by atoms with Crippen molar-refractivity contribution in [3.8, 4) is 0 Å². The second kappa shape index (κ2) is 5.92. The average molecular weight is 251 g/mol. The number of aliphatic hydroxyl groups excluding tert-OH is 2. The molecule has 0 spiro atoms. The molecule has 5 N–H and O–H groups in total. The zero-order valence-corrected chi connectivity index (χ0v) is 9.67. The van der Waals surface area contributed by atoms with Crippen molar-refractivity contribution in [2.24, 2.45) is 11.1 Å². The molecule has 0 fully saturated rings. The largest absolute Gasteiger partial charge is 0.480 e. The molecule has 1 atom stereocenters. The molecule has 0 aliphatic heterocycles. The first-order valence-corrected chi connectivity index (χ1v) is 4.77. The number of rotatable bonds is 7. The maximum absolute atomic E-state index is 11.3. The van der Waals surface area contributed by atoms with Crippen LogP contribution in [0.4, 0.5) is 0 Å². The summed E-state index contributed by atoms with van der Waals surface area (Å²) in [6.45, 7) is 0.619. The number of hydrogen-bond acceptors (Lipinski definition) is 7. The summed E-state index contributed by atoms with van der Waals surface area (Å²) in [4.78, 5) is 30.6. The van der Waals surface area contributed by atoms with E-state index in [4.69, 9.17) is 21.1 Å². The Morgan fingerprint density at radius 2 is 1.71 bits per heavy atom. The predicted octanol–water partition coefficient (Wildman–Crippen LogP) is -1.75. The molecule has 17 heavy (non-hydrogen) atoms. The van der Waals surface area contributed by atoms with E-state index in [1.165, 1.54) is 13.8 Å². The molecule has 0 aromatic carbocycles. The Morgan fingerprint density at radius 1 is 1.24 bits per heavy atom. The molecule has 100 valence electrons. The summed E-state index contributed by atoms with van der Waals surface area (Å²) in [6.07, 6.45) is 0. The van der Waals surface area contributed by atoms with Gasteiger partial charge in [-0.25, -0.2) is 4.79 Å². The maximum atomic E-state index is 11.3. The molecular weight excluding hydrogens is 234 g/mol. The fourth-order valence-electron chi connectivity index (χ4n) is 0.547. The van der Waals surface area contributed by atoms with E-state index in [0.717, 1.165) is 0 Å². The predicted molar refractivity (Wildman–Crippen MR) is 54.6 cm³/mol. The van der Waals surface area contributed by atoms with Gasteiger partial charge in [-0.3, -0.25) is 9.68 Å². The van der Waals surface area contributed by atoms with Crippen LogP contribution in [0.15, 0.2) is 0 Å². The van der Waals surface area contributed by atoms with Gasteiger partial charge in [-0.05, 0) is 13.8 Å². The molecule has 0 heterocycles. The number of nitrogens with two attached hydrogens (primary N) is 1. The van der Waals surface area contributed by atoms with Gasteiger partial charge in [0.25, 0.3) is 0 Å². The van der Waals surface area contributed by atoms with Crippen molar-refractivity contribution in [3.05, 3.63) is 0 Å². The Balaban J connectivity index is 4.23. The van der Waals surface area contributed by atoms with E-state index in [1.54, 1.807) is 0 Å². The van der Waals surface area contributed by atoms with Gasteiger partial charge in [0.1, 0.15) is 17.6 Å². The summed E-state index contributed by atoms with van der Waals surface area (Å²) in [6, 6.07) is 0. The minimum atomic E-state index is -1.70. The molecule has 0 aliphatic rings. The van der Waals surface area contributed by atoms with Gasteiger partial charge >= 0.3 is 11.9 Å². The third-order valence-corrected chi connectivity index (χ3v) is 2.17. The highest BCUT2D eigenvalue weighted by atomic mass is 17.2. The third kappa shape index (κ3) is 4.27. The lowest BCUT2D eigenvalue weighted by Gasteiger charge is -2.22. The highest BCUT2D eigenvalue weighted by Gasteiger charge is 2.36. The van der Waals surface area contributed by atoms with Crippen molar-refractivity contribution >= 4 is 11.9 Å². The van der Waals surface area contributed by atoms with Crippen LogP contribution in [0, 0.1) is 5.41 Å². The lowest BCUT2D eigenvalue weighted by atomic mass is 9.94. The normalized spacial score (nSPS) is 15.1. The number of carboxylic acid groups (broad SMARTS) is 1. The number of hydrogen-bond donors (Lipinski definition) is 4. The Bertz CT molecular complexity index is 285. The molecule has 0 aromatic heterocycles. The Kier molecular flexibility index (Phi) is 5.49. The van der Waals surface area contributed by atoms with E-state index in [2.05, 4.69) is 9.78 Å². The van der Waals surface area contributed by atoms with Gasteiger partial charge in [0.15, 0.2) is 0 Å². The molecule has 0 rings (SSSR count). The minimum Gasteiger partial charge on any atom is -0.480 e. The van der Waals surface area contributed by atoms with Gasteiger partial charge in [-0.2, -0.15) is 4.89 Å². The summed E-state index contributed by atoms with van der Waals surface area (Å²) in [5, 5.41) is 26.4. The standard InChI is InChI=1S/C9H17NO7/c1-8(3-11,4-12)7(15)17-16-5-9(2,10)6(13)14/h11-12H,3-5,10H2,1-2H3,(H,13,14). The lowest BCUT2D eigenvalue weighted by molar-refractivity contribution is -0.288. The van der Waals surface area contributed by atoms with Crippen LogP contribution in [0.2, 0.25) is 0 Å². The molecule has 1 unspecified atom stereocenters. The topological polar surface area (TPSA) is 139 Å². The molecule has 0 aromatic rings. The van der Waals surface area contributed by atoms with E-state index in [9.17, 15) is 9.59 Å². The zero-order valence-electron chi connectivity index (χ0n) is 9.67. The van der Waals surface area contributed by atoms with Crippen LogP contribution in [-0.2, 0) is 19.4 Å². The van der Waals surface area contributed by atoms with Crippen LogP contribution in [0.25, 0.3) is 0 Å². The maximum Gasteiger partial charge on any atom is 0.352 e. The first-order chi connectivity index (χ1) is 7.69. The van der Waals surface area contributed by atoms with Gasteiger partial charge in [0.05, 0.1) is 13.2 Å². The van der Waals surface area contributed by atoms with Crippen molar-refractivity contribution in [1.29, 1.82) is 0 Å². The smallest absolute Gasteiger partial charge is 0.352 e. The van der Waals surface area contributed by atoms with E-state index < -0.39 is 42.7 Å². The Labute approximate surface area is 97.9 Å². The second-order valence-electron chi connectivity index (χ2n) is 4.23. The van der Waals surface area contributed by atoms with Crippen molar-refractivity contribution in [2.45, 2.75) is 19.4 Å². The van der Waals surface area contributed by atoms with Crippen LogP contribution in [0.1, 0.15) is 13.8 Å². The van der Waals surface area contributed by atoms with Crippen LogP contribution in [0.3, 0.4) is 0 Å². The first kappa shape index (κ1) is 15.8. The lowest BCUT2D eigenvalue weighted by Crippen LogP contribution is -2.49. The van der Waals surface area contributed by atoms with Gasteiger partial charge in [0, 0.05) is 0 Å². The van der Waals surface area contributed by atoms with Gasteiger partial charge in [-0.1, -0.05) is 0 Å². The number of aliphatic carboxylic acids is 1. The van der Waals surface area contributed by atoms with Gasteiger partial charge in [0.2, 0.25) is 0 Å². The summed E-state index contributed by atoms with van der Waals surface area (Å²) < 4.78 is 0. The van der Waals surface area contributed by atoms with Crippen LogP contribution in [-0.4, -0.2) is 52.6 Å². The van der Waals surface area contributed by atoms with Crippen molar-refractivity contribution in [2.75, 3.05) is 19.8 Å². The zero-order chi connectivity index (χ0) is 13.7. The Morgan fingerprint density at radius 3 is 2.06 bits per heavy atom. The number of carboxylic acids is 1. The van der Waals surface area contributed by atoms with E-state index >= 15 is 0 Å². The van der Waals surface area contributed by atoms with Crippen molar-refractivity contribution < 1.29 is 34.7 Å². The molecule has 8 nitrogen and oxygen atoms in total. The second-order valence-corrected chi connectivity index (χ2v) is 4.23. The molecule has 8 heteroatoms. The monoisotopic (exact) mass is 251 g/mol. The van der Waals surface area contributed by atoms with E-state index in [-0.39, 0.29) is 0 Å². The number of carbonyl (C=O) groups is 2. The highest BCUT2D eigenvalue weighted by Crippen LogP contribution is 2.16. The summed E-state index contributed by atoms with van der Waals surface area (Å²) >= 11 is 0.